The number of hydrogen-bond acceptors (Lipinski definition) is 2. The third-order valence-electron chi connectivity index (χ3n) is 3.96. The molecule has 1 N–H and O–H groups in total. The number of carbonyl (C=O) groups excluding carboxylic acids is 1. The summed E-state index contributed by atoms with van der Waals surface area (Å²) >= 11 is 0. The first-order chi connectivity index (χ1) is 11.6. The number of rotatable bonds is 8. The average molecular weight is 325 g/mol. The zero-order valence-electron chi connectivity index (χ0n) is 14.8. The van der Waals surface area contributed by atoms with Crippen LogP contribution in [0.3, 0.4) is 0 Å². The molecule has 0 saturated heterocycles. The summed E-state index contributed by atoms with van der Waals surface area (Å²) in [7, 11) is 0. The molecule has 128 valence electrons. The van der Waals surface area contributed by atoms with Crippen molar-refractivity contribution < 1.29 is 9.53 Å². The molecule has 3 heteroatoms. The second-order valence-corrected chi connectivity index (χ2v) is 6.21. The lowest BCUT2D eigenvalue weighted by Crippen LogP contribution is -2.38. The van der Waals surface area contributed by atoms with E-state index in [1.807, 2.05) is 38.1 Å². The van der Waals surface area contributed by atoms with Crippen LogP contribution in [0.25, 0.3) is 0 Å². The van der Waals surface area contributed by atoms with Gasteiger partial charge in [-0.15, -0.1) is 0 Å². The second-order valence-electron chi connectivity index (χ2n) is 6.21. The van der Waals surface area contributed by atoms with Gasteiger partial charge >= 0.3 is 0 Å². The van der Waals surface area contributed by atoms with Gasteiger partial charge in [0.25, 0.3) is 5.91 Å². The maximum atomic E-state index is 12.3. The summed E-state index contributed by atoms with van der Waals surface area (Å²) in [4.78, 5) is 12.3. The van der Waals surface area contributed by atoms with Crippen LogP contribution in [-0.2, 0) is 11.2 Å². The molecule has 1 atom stereocenters. The van der Waals surface area contributed by atoms with Crippen molar-refractivity contribution >= 4 is 5.91 Å². The van der Waals surface area contributed by atoms with Crippen molar-refractivity contribution in [3.8, 4) is 5.75 Å². The van der Waals surface area contributed by atoms with E-state index in [0.717, 1.165) is 24.2 Å². The quantitative estimate of drug-likeness (QED) is 0.738. The molecule has 2 rings (SSSR count). The van der Waals surface area contributed by atoms with Crippen molar-refractivity contribution in [2.75, 3.05) is 6.54 Å². The molecule has 0 bridgehead atoms. The molecule has 1 amide bonds. The highest BCUT2D eigenvalue weighted by Crippen LogP contribution is 2.15. The molecule has 0 unspecified atom stereocenters. The molecule has 0 aliphatic heterocycles. The Hall–Kier alpha value is -2.29. The van der Waals surface area contributed by atoms with Gasteiger partial charge in [0.2, 0.25) is 0 Å². The molecule has 0 fully saturated rings. The van der Waals surface area contributed by atoms with E-state index in [-0.39, 0.29) is 5.91 Å². The zero-order chi connectivity index (χ0) is 17.4. The number of benzene rings is 2. The van der Waals surface area contributed by atoms with Gasteiger partial charge < -0.3 is 10.1 Å². The average Bonchev–Trinajstić information content (AvgIpc) is 2.56. The van der Waals surface area contributed by atoms with Crippen molar-refractivity contribution in [1.82, 2.24) is 5.32 Å². The second kappa shape index (κ2) is 9.11. The Labute approximate surface area is 145 Å². The van der Waals surface area contributed by atoms with E-state index >= 15 is 0 Å². The number of amides is 1. The van der Waals surface area contributed by atoms with E-state index in [1.54, 1.807) is 0 Å². The molecule has 24 heavy (non-hydrogen) atoms. The predicted octanol–water partition coefficient (Wildman–Crippen LogP) is 4.21. The van der Waals surface area contributed by atoms with E-state index in [2.05, 4.69) is 36.5 Å². The van der Waals surface area contributed by atoms with Crippen LogP contribution in [0.15, 0.2) is 48.5 Å². The molecule has 0 aromatic heterocycles. The largest absolute Gasteiger partial charge is 0.481 e. The van der Waals surface area contributed by atoms with Crippen LogP contribution in [0, 0.1) is 13.8 Å². The minimum absolute atomic E-state index is 0.0387. The Bertz CT molecular complexity index is 666. The third-order valence-corrected chi connectivity index (χ3v) is 3.96. The van der Waals surface area contributed by atoms with Crippen molar-refractivity contribution in [2.45, 2.75) is 46.1 Å². The highest BCUT2D eigenvalue weighted by Gasteiger charge is 2.17. The Balaban J connectivity index is 1.77. The number of aryl methyl sites for hydroxylation is 3. The number of ether oxygens (including phenoxy) is 1. The van der Waals surface area contributed by atoms with Gasteiger partial charge in [0.15, 0.2) is 6.10 Å². The molecule has 3 nitrogen and oxygen atoms in total. The van der Waals surface area contributed by atoms with Gasteiger partial charge in [0.05, 0.1) is 0 Å². The fourth-order valence-corrected chi connectivity index (χ4v) is 2.66. The molecule has 0 aliphatic rings. The summed E-state index contributed by atoms with van der Waals surface area (Å²) in [5, 5.41) is 2.99. The number of hydrogen-bond donors (Lipinski definition) is 1. The van der Waals surface area contributed by atoms with Gasteiger partial charge in [0, 0.05) is 6.54 Å². The van der Waals surface area contributed by atoms with Crippen molar-refractivity contribution in [3.05, 3.63) is 65.2 Å². The summed E-state index contributed by atoms with van der Waals surface area (Å²) in [5.41, 5.74) is 3.71. The zero-order valence-corrected chi connectivity index (χ0v) is 14.8. The topological polar surface area (TPSA) is 38.3 Å². The Morgan fingerprint density at radius 1 is 1.08 bits per heavy atom. The molecule has 0 saturated carbocycles. The molecule has 0 aliphatic carbocycles. The fraction of sp³-hybridized carbons (Fsp3) is 0.381. The summed E-state index contributed by atoms with van der Waals surface area (Å²) in [5.74, 6) is 0.708. The lowest BCUT2D eigenvalue weighted by atomic mass is 10.1. The van der Waals surface area contributed by atoms with Gasteiger partial charge in [-0.3, -0.25) is 4.79 Å². The lowest BCUT2D eigenvalue weighted by molar-refractivity contribution is -0.128. The van der Waals surface area contributed by atoms with Gasteiger partial charge in [-0.1, -0.05) is 48.9 Å². The van der Waals surface area contributed by atoms with Gasteiger partial charge in [0.1, 0.15) is 5.75 Å². The number of nitrogens with one attached hydrogen (secondary N) is 1. The fourth-order valence-electron chi connectivity index (χ4n) is 2.66. The SMILES string of the molecule is CC[C@H](Oc1cccc(C)c1)C(=O)NCCCc1cccc(C)c1. The van der Waals surface area contributed by atoms with Crippen LogP contribution < -0.4 is 10.1 Å². The molecule has 2 aromatic carbocycles. The Morgan fingerprint density at radius 3 is 2.46 bits per heavy atom. The predicted molar refractivity (Wildman–Crippen MR) is 98.4 cm³/mol. The molecular weight excluding hydrogens is 298 g/mol. The first kappa shape index (κ1) is 18.1. The lowest BCUT2D eigenvalue weighted by Gasteiger charge is -2.17. The summed E-state index contributed by atoms with van der Waals surface area (Å²) in [6, 6.07) is 16.3. The summed E-state index contributed by atoms with van der Waals surface area (Å²) in [6.07, 6.45) is 2.11. The van der Waals surface area contributed by atoms with Crippen LogP contribution in [0.2, 0.25) is 0 Å². The van der Waals surface area contributed by atoms with Crippen LogP contribution in [0.1, 0.15) is 36.5 Å². The Kier molecular flexibility index (Phi) is 6.86. The van der Waals surface area contributed by atoms with Crippen LogP contribution in [-0.4, -0.2) is 18.6 Å². The highest BCUT2D eigenvalue weighted by atomic mass is 16.5. The van der Waals surface area contributed by atoms with Crippen molar-refractivity contribution in [2.24, 2.45) is 0 Å². The molecule has 0 heterocycles. The van der Waals surface area contributed by atoms with Crippen molar-refractivity contribution in [3.63, 3.8) is 0 Å². The highest BCUT2D eigenvalue weighted by molar-refractivity contribution is 5.81. The molecule has 2 aromatic rings. The van der Waals surface area contributed by atoms with Crippen molar-refractivity contribution in [1.29, 1.82) is 0 Å². The van der Waals surface area contributed by atoms with E-state index < -0.39 is 6.10 Å². The van der Waals surface area contributed by atoms with Crippen LogP contribution in [0.5, 0.6) is 5.75 Å². The van der Waals surface area contributed by atoms with Crippen LogP contribution in [0.4, 0.5) is 0 Å². The number of carbonyl (C=O) groups is 1. The van der Waals surface area contributed by atoms with E-state index in [4.69, 9.17) is 4.74 Å². The smallest absolute Gasteiger partial charge is 0.261 e. The first-order valence-corrected chi connectivity index (χ1v) is 8.65. The van der Waals surface area contributed by atoms with Gasteiger partial charge in [-0.05, 0) is 56.4 Å². The summed E-state index contributed by atoms with van der Waals surface area (Å²) < 4.78 is 5.83. The monoisotopic (exact) mass is 325 g/mol. The van der Waals surface area contributed by atoms with E-state index in [9.17, 15) is 4.79 Å². The minimum atomic E-state index is -0.439. The van der Waals surface area contributed by atoms with Gasteiger partial charge in [-0.25, -0.2) is 0 Å². The minimum Gasteiger partial charge on any atom is -0.481 e. The van der Waals surface area contributed by atoms with E-state index in [0.29, 0.717) is 13.0 Å². The molecule has 0 spiro atoms. The maximum Gasteiger partial charge on any atom is 0.261 e. The van der Waals surface area contributed by atoms with Gasteiger partial charge in [-0.2, -0.15) is 0 Å². The molecular formula is C21H27NO2. The first-order valence-electron chi connectivity index (χ1n) is 8.65. The summed E-state index contributed by atoms with van der Waals surface area (Å²) in [6.45, 7) is 6.74. The standard InChI is InChI=1S/C21H27NO2/c1-4-20(24-19-12-6-9-17(3)15-19)21(23)22-13-7-11-18-10-5-8-16(2)14-18/h5-6,8-10,12,14-15,20H,4,7,11,13H2,1-3H3,(H,22,23)/t20-/m0/s1. The normalized spacial score (nSPS) is 11.8. The van der Waals surface area contributed by atoms with Crippen LogP contribution >= 0.6 is 0 Å². The maximum absolute atomic E-state index is 12.3. The molecule has 0 radical (unpaired) electrons. The van der Waals surface area contributed by atoms with E-state index in [1.165, 1.54) is 11.1 Å². The third kappa shape index (κ3) is 5.73. The Morgan fingerprint density at radius 2 is 1.79 bits per heavy atom.